The van der Waals surface area contributed by atoms with Crippen molar-refractivity contribution in [2.75, 3.05) is 12.9 Å². The van der Waals surface area contributed by atoms with Crippen LogP contribution in [-0.2, 0) is 28.3 Å². The second-order valence-electron chi connectivity index (χ2n) is 9.94. The Hall–Kier alpha value is -2.77. The molecule has 0 fully saturated rings. The van der Waals surface area contributed by atoms with Gasteiger partial charge in [-0.05, 0) is 61.7 Å². The smallest absolute Gasteiger partial charge is 0.243 e. The third-order valence-corrected chi connectivity index (χ3v) is 7.18. The van der Waals surface area contributed by atoms with Crippen LogP contribution >= 0.6 is 27.7 Å². The topological polar surface area (TPSA) is 58.6 Å². The van der Waals surface area contributed by atoms with Gasteiger partial charge in [-0.3, -0.25) is 9.59 Å². The second kappa shape index (κ2) is 13.7. The maximum Gasteiger partial charge on any atom is 0.243 e. The average Bonchev–Trinajstić information content (AvgIpc) is 2.87. The summed E-state index contributed by atoms with van der Waals surface area (Å²) in [5, 5.41) is 3.10. The van der Waals surface area contributed by atoms with Crippen molar-refractivity contribution in [1.29, 1.82) is 0 Å². The zero-order chi connectivity index (χ0) is 26.8. The predicted molar refractivity (Wildman–Crippen MR) is 156 cm³/mol. The third-order valence-electron chi connectivity index (χ3n) is 5.66. The SMILES string of the molecule is COc1cccc(CN(C(=O)CSCc2ccc(Br)cc2)[C@H](Cc2ccccc2)C(=O)NC(C)(C)C)c1. The van der Waals surface area contributed by atoms with Crippen LogP contribution in [0.4, 0.5) is 0 Å². The van der Waals surface area contributed by atoms with Crippen molar-refractivity contribution in [2.45, 2.75) is 51.1 Å². The molecule has 0 heterocycles. The van der Waals surface area contributed by atoms with Gasteiger partial charge in [0.25, 0.3) is 0 Å². The third kappa shape index (κ3) is 9.56. The number of amides is 2. The summed E-state index contributed by atoms with van der Waals surface area (Å²) in [4.78, 5) is 29.1. The van der Waals surface area contributed by atoms with E-state index in [9.17, 15) is 9.59 Å². The summed E-state index contributed by atoms with van der Waals surface area (Å²) in [5.74, 6) is 1.46. The highest BCUT2D eigenvalue weighted by Crippen LogP contribution is 2.21. The molecule has 0 aromatic heterocycles. The van der Waals surface area contributed by atoms with Gasteiger partial charge < -0.3 is 15.0 Å². The van der Waals surface area contributed by atoms with Crippen molar-refractivity contribution in [2.24, 2.45) is 0 Å². The fraction of sp³-hybridized carbons (Fsp3) is 0.333. The Morgan fingerprint density at radius 3 is 2.27 bits per heavy atom. The monoisotopic (exact) mass is 582 g/mol. The fourth-order valence-corrected chi connectivity index (χ4v) is 5.03. The number of benzene rings is 3. The van der Waals surface area contributed by atoms with Crippen LogP contribution in [0.5, 0.6) is 5.75 Å². The van der Waals surface area contributed by atoms with Crippen molar-refractivity contribution >= 4 is 39.5 Å². The van der Waals surface area contributed by atoms with Gasteiger partial charge in [0.15, 0.2) is 0 Å². The molecular formula is C30H35BrN2O3S. The number of ether oxygens (including phenoxy) is 1. The number of thioether (sulfide) groups is 1. The van der Waals surface area contributed by atoms with E-state index in [4.69, 9.17) is 4.74 Å². The van der Waals surface area contributed by atoms with Gasteiger partial charge in [-0.25, -0.2) is 0 Å². The van der Waals surface area contributed by atoms with Gasteiger partial charge in [-0.2, -0.15) is 0 Å². The Morgan fingerprint density at radius 2 is 1.62 bits per heavy atom. The number of nitrogens with zero attached hydrogens (tertiary/aromatic N) is 1. The van der Waals surface area contributed by atoms with Crippen molar-refractivity contribution in [3.8, 4) is 5.75 Å². The van der Waals surface area contributed by atoms with E-state index in [1.165, 1.54) is 0 Å². The normalized spacial score (nSPS) is 12.0. The van der Waals surface area contributed by atoms with Gasteiger partial charge in [0.1, 0.15) is 11.8 Å². The van der Waals surface area contributed by atoms with Crippen molar-refractivity contribution in [3.05, 3.63) is 100 Å². The molecule has 2 amide bonds. The van der Waals surface area contributed by atoms with Crippen molar-refractivity contribution in [1.82, 2.24) is 10.2 Å². The predicted octanol–water partition coefficient (Wildman–Crippen LogP) is 6.25. The lowest BCUT2D eigenvalue weighted by atomic mass is 10.0. The zero-order valence-corrected chi connectivity index (χ0v) is 24.3. The molecule has 3 rings (SSSR count). The quantitative estimate of drug-likeness (QED) is 0.290. The molecule has 0 unspecified atom stereocenters. The molecule has 0 bridgehead atoms. The van der Waals surface area contributed by atoms with Crippen LogP contribution in [0.1, 0.15) is 37.5 Å². The standard InChI is InChI=1S/C30H35BrN2O3S/c1-30(2,3)32-29(35)27(18-22-9-6-5-7-10-22)33(19-24-11-8-12-26(17-24)36-4)28(34)21-37-20-23-13-15-25(31)16-14-23/h5-17,27H,18-21H2,1-4H3,(H,32,35)/t27-/m1/s1. The van der Waals surface area contributed by atoms with Gasteiger partial charge in [-0.1, -0.05) is 70.5 Å². The Labute approximate surface area is 233 Å². The van der Waals surface area contributed by atoms with Crippen LogP contribution in [0.15, 0.2) is 83.3 Å². The molecule has 5 nitrogen and oxygen atoms in total. The molecule has 0 aliphatic carbocycles. The van der Waals surface area contributed by atoms with Crippen LogP contribution in [-0.4, -0.2) is 41.2 Å². The Bertz CT molecular complexity index is 1160. The molecule has 1 atom stereocenters. The number of carbonyl (C=O) groups excluding carboxylic acids is 2. The Kier molecular flexibility index (Phi) is 10.6. The Morgan fingerprint density at radius 1 is 0.946 bits per heavy atom. The maximum atomic E-state index is 13.7. The summed E-state index contributed by atoms with van der Waals surface area (Å²) in [6, 6.07) is 24.9. The summed E-state index contributed by atoms with van der Waals surface area (Å²) in [6.45, 7) is 6.16. The number of nitrogens with one attached hydrogen (secondary N) is 1. The van der Waals surface area contributed by atoms with E-state index in [1.807, 2.05) is 99.6 Å². The van der Waals surface area contributed by atoms with Crippen LogP contribution in [0.3, 0.4) is 0 Å². The molecule has 7 heteroatoms. The minimum Gasteiger partial charge on any atom is -0.497 e. The number of hydrogen-bond donors (Lipinski definition) is 1. The molecule has 0 saturated carbocycles. The summed E-state index contributed by atoms with van der Waals surface area (Å²) in [5.41, 5.74) is 2.63. The molecule has 0 saturated heterocycles. The first kappa shape index (κ1) is 28.8. The number of rotatable bonds is 11. The first-order chi connectivity index (χ1) is 17.6. The molecule has 1 N–H and O–H groups in total. The second-order valence-corrected chi connectivity index (χ2v) is 11.8. The van der Waals surface area contributed by atoms with E-state index >= 15 is 0 Å². The lowest BCUT2D eigenvalue weighted by Crippen LogP contribution is -2.54. The van der Waals surface area contributed by atoms with Crippen molar-refractivity contribution < 1.29 is 14.3 Å². The molecule has 3 aromatic rings. The molecule has 196 valence electrons. The lowest BCUT2D eigenvalue weighted by molar-refractivity contribution is -0.140. The van der Waals surface area contributed by atoms with Crippen LogP contribution in [0.25, 0.3) is 0 Å². The minimum absolute atomic E-state index is 0.0741. The average molecular weight is 584 g/mol. The van der Waals surface area contributed by atoms with E-state index in [1.54, 1.807) is 23.8 Å². The molecular weight excluding hydrogens is 548 g/mol. The van der Waals surface area contributed by atoms with E-state index in [0.29, 0.717) is 24.5 Å². The van der Waals surface area contributed by atoms with Gasteiger partial charge in [0, 0.05) is 28.7 Å². The minimum atomic E-state index is -0.659. The summed E-state index contributed by atoms with van der Waals surface area (Å²) >= 11 is 5.01. The summed E-state index contributed by atoms with van der Waals surface area (Å²) < 4.78 is 6.42. The largest absolute Gasteiger partial charge is 0.497 e. The molecule has 0 spiro atoms. The molecule has 3 aromatic carbocycles. The highest BCUT2D eigenvalue weighted by Gasteiger charge is 2.32. The van der Waals surface area contributed by atoms with Crippen LogP contribution in [0.2, 0.25) is 0 Å². The molecule has 0 aliphatic heterocycles. The number of carbonyl (C=O) groups is 2. The highest BCUT2D eigenvalue weighted by atomic mass is 79.9. The Balaban J connectivity index is 1.88. The maximum absolute atomic E-state index is 13.7. The summed E-state index contributed by atoms with van der Waals surface area (Å²) in [7, 11) is 1.62. The van der Waals surface area contributed by atoms with Crippen molar-refractivity contribution in [3.63, 3.8) is 0 Å². The van der Waals surface area contributed by atoms with Crippen LogP contribution < -0.4 is 10.1 Å². The number of hydrogen-bond acceptors (Lipinski definition) is 4. The molecule has 37 heavy (non-hydrogen) atoms. The van der Waals surface area contributed by atoms with Gasteiger partial charge in [0.05, 0.1) is 12.9 Å². The lowest BCUT2D eigenvalue weighted by Gasteiger charge is -2.34. The summed E-state index contributed by atoms with van der Waals surface area (Å²) in [6.07, 6.45) is 0.426. The fourth-order valence-electron chi connectivity index (χ4n) is 3.89. The first-order valence-corrected chi connectivity index (χ1v) is 14.2. The van der Waals surface area contributed by atoms with E-state index in [-0.39, 0.29) is 17.6 Å². The van der Waals surface area contributed by atoms with Gasteiger partial charge in [-0.15, -0.1) is 11.8 Å². The highest BCUT2D eigenvalue weighted by molar-refractivity contribution is 9.10. The zero-order valence-electron chi connectivity index (χ0n) is 21.9. The molecule has 0 radical (unpaired) electrons. The van der Waals surface area contributed by atoms with E-state index in [0.717, 1.165) is 21.2 Å². The number of halogens is 1. The van der Waals surface area contributed by atoms with Gasteiger partial charge >= 0.3 is 0 Å². The molecule has 0 aliphatic rings. The van der Waals surface area contributed by atoms with Gasteiger partial charge in [0.2, 0.25) is 11.8 Å². The van der Waals surface area contributed by atoms with E-state index < -0.39 is 11.6 Å². The van der Waals surface area contributed by atoms with E-state index in [2.05, 4.69) is 21.2 Å². The van der Waals surface area contributed by atoms with Crippen LogP contribution in [0, 0.1) is 0 Å². The number of methoxy groups -OCH3 is 1. The first-order valence-electron chi connectivity index (χ1n) is 12.2.